The van der Waals surface area contributed by atoms with Crippen LogP contribution in [0, 0.1) is 0 Å². The Bertz CT molecular complexity index is 378. The summed E-state index contributed by atoms with van der Waals surface area (Å²) >= 11 is 0. The number of hydrogen-bond acceptors (Lipinski definition) is 1. The maximum absolute atomic E-state index is 6.60. The molecule has 0 aliphatic heterocycles. The summed E-state index contributed by atoms with van der Waals surface area (Å²) in [6.45, 7) is 13.9. The lowest BCUT2D eigenvalue weighted by Crippen LogP contribution is -2.44. The zero-order valence-corrected chi connectivity index (χ0v) is 15.2. The van der Waals surface area contributed by atoms with E-state index in [2.05, 4.69) is 71.1 Å². The third kappa shape index (κ3) is 5.41. The summed E-state index contributed by atoms with van der Waals surface area (Å²) in [4.78, 5) is 0. The van der Waals surface area contributed by atoms with Gasteiger partial charge in [0.2, 0.25) is 0 Å². The lowest BCUT2D eigenvalue weighted by Gasteiger charge is -2.39. The maximum atomic E-state index is 6.60. The Hall–Kier alpha value is -0.603. The summed E-state index contributed by atoms with van der Waals surface area (Å²) in [6, 6.07) is 10.8. The van der Waals surface area contributed by atoms with Crippen LogP contribution in [-0.4, -0.2) is 14.4 Å². The fraction of sp³-hybridized carbons (Fsp3) is 0.667. The van der Waals surface area contributed by atoms with Crippen LogP contribution in [0.3, 0.4) is 0 Å². The Morgan fingerprint density at radius 2 is 1.65 bits per heavy atom. The van der Waals surface area contributed by atoms with Crippen LogP contribution in [0.5, 0.6) is 0 Å². The van der Waals surface area contributed by atoms with Gasteiger partial charge in [0, 0.05) is 6.10 Å². The number of aryl methyl sites for hydroxylation is 1. The van der Waals surface area contributed by atoms with Gasteiger partial charge in [-0.1, -0.05) is 64.4 Å². The van der Waals surface area contributed by atoms with Crippen molar-refractivity contribution >= 4 is 8.32 Å². The molecule has 1 aromatic carbocycles. The standard InChI is InChI=1S/C18H32OSi/c1-7-11-17(19-20(5,6)18(2,3)4)15-14-16-12-9-8-10-13-16/h8-10,12-13,17H,7,11,14-15H2,1-6H3/t17-/m1/s1. The molecule has 20 heavy (non-hydrogen) atoms. The van der Waals surface area contributed by atoms with Gasteiger partial charge >= 0.3 is 0 Å². The van der Waals surface area contributed by atoms with Crippen molar-refractivity contribution in [1.82, 2.24) is 0 Å². The molecular weight excluding hydrogens is 260 g/mol. The topological polar surface area (TPSA) is 9.23 Å². The second-order valence-electron chi connectivity index (χ2n) is 7.31. The molecule has 0 aliphatic rings. The summed E-state index contributed by atoms with van der Waals surface area (Å²) in [5, 5.41) is 0.297. The van der Waals surface area contributed by atoms with Crippen molar-refractivity contribution in [2.24, 2.45) is 0 Å². The van der Waals surface area contributed by atoms with Crippen LogP contribution >= 0.6 is 0 Å². The van der Waals surface area contributed by atoms with Crippen LogP contribution < -0.4 is 0 Å². The Kier molecular flexibility index (Phi) is 6.47. The molecule has 1 nitrogen and oxygen atoms in total. The Labute approximate surface area is 126 Å². The molecule has 0 fully saturated rings. The second-order valence-corrected chi connectivity index (χ2v) is 12.1. The Morgan fingerprint density at radius 3 is 2.15 bits per heavy atom. The van der Waals surface area contributed by atoms with Gasteiger partial charge in [-0.25, -0.2) is 0 Å². The van der Waals surface area contributed by atoms with Gasteiger partial charge in [0.05, 0.1) is 0 Å². The van der Waals surface area contributed by atoms with Crippen LogP contribution in [0.2, 0.25) is 18.1 Å². The highest BCUT2D eigenvalue weighted by Gasteiger charge is 2.38. The lowest BCUT2D eigenvalue weighted by molar-refractivity contribution is 0.160. The SMILES string of the molecule is CCC[C@H](CCc1ccccc1)O[Si](C)(C)C(C)(C)C. The van der Waals surface area contributed by atoms with Crippen molar-refractivity contribution in [3.8, 4) is 0 Å². The third-order valence-corrected chi connectivity index (χ3v) is 9.01. The highest BCUT2D eigenvalue weighted by molar-refractivity contribution is 6.74. The van der Waals surface area contributed by atoms with Gasteiger partial charge in [0.25, 0.3) is 0 Å². The average molecular weight is 293 g/mol. The van der Waals surface area contributed by atoms with Gasteiger partial charge in [-0.15, -0.1) is 0 Å². The van der Waals surface area contributed by atoms with Gasteiger partial charge in [0.1, 0.15) is 0 Å². The van der Waals surface area contributed by atoms with Crippen LogP contribution in [0.4, 0.5) is 0 Å². The molecule has 114 valence electrons. The molecule has 1 aromatic rings. The van der Waals surface area contributed by atoms with E-state index in [4.69, 9.17) is 4.43 Å². The lowest BCUT2D eigenvalue weighted by atomic mass is 10.0. The van der Waals surface area contributed by atoms with E-state index in [0.29, 0.717) is 11.1 Å². The smallest absolute Gasteiger partial charge is 0.192 e. The van der Waals surface area contributed by atoms with Crippen LogP contribution in [0.1, 0.15) is 52.5 Å². The van der Waals surface area contributed by atoms with Crippen molar-refractivity contribution in [3.05, 3.63) is 35.9 Å². The molecular formula is C18H32OSi. The van der Waals surface area contributed by atoms with Crippen molar-refractivity contribution in [3.63, 3.8) is 0 Å². The third-order valence-electron chi connectivity index (χ3n) is 4.48. The molecule has 0 radical (unpaired) electrons. The summed E-state index contributed by atoms with van der Waals surface area (Å²) in [7, 11) is -1.64. The van der Waals surface area contributed by atoms with Gasteiger partial charge in [-0.05, 0) is 43.0 Å². The summed E-state index contributed by atoms with van der Waals surface area (Å²) in [5.74, 6) is 0. The molecule has 0 unspecified atom stereocenters. The minimum Gasteiger partial charge on any atom is -0.414 e. The molecule has 0 saturated heterocycles. The first kappa shape index (κ1) is 17.4. The Balaban J connectivity index is 2.61. The molecule has 0 saturated carbocycles. The van der Waals surface area contributed by atoms with Gasteiger partial charge in [0.15, 0.2) is 8.32 Å². The van der Waals surface area contributed by atoms with Crippen molar-refractivity contribution in [1.29, 1.82) is 0 Å². The fourth-order valence-corrected chi connectivity index (χ4v) is 3.57. The first-order valence-corrected chi connectivity index (χ1v) is 10.9. The largest absolute Gasteiger partial charge is 0.414 e. The van der Waals surface area contributed by atoms with E-state index in [1.54, 1.807) is 0 Å². The molecule has 0 aliphatic carbocycles. The number of benzene rings is 1. The normalized spacial score (nSPS) is 14.3. The molecule has 0 aromatic heterocycles. The zero-order chi connectivity index (χ0) is 15.2. The minimum absolute atomic E-state index is 0.297. The predicted molar refractivity (Wildman–Crippen MR) is 91.7 cm³/mol. The predicted octanol–water partition coefficient (Wildman–Crippen LogP) is 5.81. The van der Waals surface area contributed by atoms with E-state index in [1.165, 1.54) is 18.4 Å². The van der Waals surface area contributed by atoms with Crippen molar-refractivity contribution in [2.45, 2.75) is 77.6 Å². The summed E-state index contributed by atoms with van der Waals surface area (Å²) < 4.78 is 6.60. The van der Waals surface area contributed by atoms with Crippen molar-refractivity contribution < 1.29 is 4.43 Å². The van der Waals surface area contributed by atoms with Gasteiger partial charge < -0.3 is 4.43 Å². The highest BCUT2D eigenvalue weighted by Crippen LogP contribution is 2.38. The monoisotopic (exact) mass is 292 g/mol. The molecule has 1 atom stereocenters. The van der Waals surface area contributed by atoms with E-state index in [0.717, 1.165) is 12.8 Å². The minimum atomic E-state index is -1.64. The van der Waals surface area contributed by atoms with E-state index in [1.807, 2.05) is 0 Å². The van der Waals surface area contributed by atoms with Crippen molar-refractivity contribution in [2.75, 3.05) is 0 Å². The van der Waals surface area contributed by atoms with Crippen LogP contribution in [0.15, 0.2) is 30.3 Å². The summed E-state index contributed by atoms with van der Waals surface area (Å²) in [6.07, 6.45) is 5.07. The van der Waals surface area contributed by atoms with E-state index in [9.17, 15) is 0 Å². The molecule has 0 bridgehead atoms. The molecule has 1 rings (SSSR count). The quantitative estimate of drug-likeness (QED) is 0.576. The van der Waals surface area contributed by atoms with Crippen LogP contribution in [-0.2, 0) is 10.8 Å². The van der Waals surface area contributed by atoms with Crippen LogP contribution in [0.25, 0.3) is 0 Å². The second kappa shape index (κ2) is 7.42. The van der Waals surface area contributed by atoms with Gasteiger partial charge in [-0.3, -0.25) is 0 Å². The van der Waals surface area contributed by atoms with E-state index >= 15 is 0 Å². The molecule has 0 N–H and O–H groups in total. The first-order valence-electron chi connectivity index (χ1n) is 7.98. The molecule has 0 heterocycles. The van der Waals surface area contributed by atoms with E-state index in [-0.39, 0.29) is 0 Å². The first-order chi connectivity index (χ1) is 9.26. The van der Waals surface area contributed by atoms with E-state index < -0.39 is 8.32 Å². The van der Waals surface area contributed by atoms with Gasteiger partial charge in [-0.2, -0.15) is 0 Å². The zero-order valence-electron chi connectivity index (χ0n) is 14.2. The molecule has 0 amide bonds. The fourth-order valence-electron chi connectivity index (χ4n) is 2.15. The maximum Gasteiger partial charge on any atom is 0.192 e. The molecule has 2 heteroatoms. The average Bonchev–Trinajstić information content (AvgIpc) is 2.36. The number of hydrogen-bond donors (Lipinski definition) is 0. The highest BCUT2D eigenvalue weighted by atomic mass is 28.4. The summed E-state index contributed by atoms with van der Waals surface area (Å²) in [5.41, 5.74) is 1.42. The molecule has 0 spiro atoms. The number of rotatable bonds is 7. The Morgan fingerprint density at radius 1 is 1.05 bits per heavy atom.